The van der Waals surface area contributed by atoms with Gasteiger partial charge in [0.25, 0.3) is 0 Å². The Balaban J connectivity index is 1.85. The lowest BCUT2D eigenvalue weighted by molar-refractivity contribution is 0.0240. The molecule has 1 fully saturated rings. The highest BCUT2D eigenvalue weighted by Gasteiger charge is 2.27. The summed E-state index contributed by atoms with van der Waals surface area (Å²) in [6.45, 7) is 6.89. The van der Waals surface area contributed by atoms with Crippen LogP contribution in [0.25, 0.3) is 0 Å². The van der Waals surface area contributed by atoms with Crippen molar-refractivity contribution in [2.75, 3.05) is 51.3 Å². The van der Waals surface area contributed by atoms with Crippen molar-refractivity contribution in [1.29, 1.82) is 0 Å². The van der Waals surface area contributed by atoms with Gasteiger partial charge in [0.1, 0.15) is 18.0 Å². The number of hydrogen-bond donors (Lipinski definition) is 0. The highest BCUT2D eigenvalue weighted by Crippen LogP contribution is 2.22. The number of carbonyl (C=O) groups is 1. The molecule has 2 rings (SSSR count). The normalized spacial score (nSPS) is 17.5. The summed E-state index contributed by atoms with van der Waals surface area (Å²) < 4.78 is 50.3. The standard InChI is InChI=1S/C17H26FN3O4/c1-17(2,3)25-16(22)21-7-5-20(6-8-21)15-14(18)11-13(12-19-15)24-10-9-23-4/h11-12H,5-10H2,1-4H3/i4D3. The molecule has 8 heteroatoms. The minimum atomic E-state index is -2.49. The van der Waals surface area contributed by atoms with Crippen LogP contribution in [0.15, 0.2) is 12.3 Å². The van der Waals surface area contributed by atoms with Gasteiger partial charge in [0.05, 0.1) is 16.9 Å². The summed E-state index contributed by atoms with van der Waals surface area (Å²) in [5, 5.41) is 0. The molecule has 140 valence electrons. The predicted octanol–water partition coefficient (Wildman–Crippen LogP) is 2.30. The van der Waals surface area contributed by atoms with E-state index in [0.29, 0.717) is 26.2 Å². The number of rotatable bonds is 5. The summed E-state index contributed by atoms with van der Waals surface area (Å²) in [6, 6.07) is 1.19. The zero-order valence-electron chi connectivity index (χ0n) is 17.7. The number of anilines is 1. The minimum absolute atomic E-state index is 0.0343. The summed E-state index contributed by atoms with van der Waals surface area (Å²) in [6.07, 6.45) is 0.983. The smallest absolute Gasteiger partial charge is 0.410 e. The maximum atomic E-state index is 14.4. The van der Waals surface area contributed by atoms with Crippen LogP contribution in [-0.2, 0) is 9.47 Å². The van der Waals surface area contributed by atoms with E-state index in [9.17, 15) is 9.18 Å². The molecule has 1 aliphatic rings. The Kier molecular flexibility index (Phi) is 5.06. The van der Waals surface area contributed by atoms with Crippen LogP contribution in [0.3, 0.4) is 0 Å². The summed E-state index contributed by atoms with van der Waals surface area (Å²) in [5.74, 6) is -0.197. The molecular formula is C17H26FN3O4. The van der Waals surface area contributed by atoms with Crippen LogP contribution in [0.4, 0.5) is 15.0 Å². The maximum Gasteiger partial charge on any atom is 0.410 e. The molecule has 1 aliphatic heterocycles. The molecule has 0 unspecified atom stereocenters. The van der Waals surface area contributed by atoms with Gasteiger partial charge in [-0.05, 0) is 20.8 Å². The van der Waals surface area contributed by atoms with Gasteiger partial charge < -0.3 is 24.0 Å². The fraction of sp³-hybridized carbons (Fsp3) is 0.647. The third-order valence-corrected chi connectivity index (χ3v) is 3.48. The van der Waals surface area contributed by atoms with E-state index >= 15 is 0 Å². The molecule has 0 radical (unpaired) electrons. The van der Waals surface area contributed by atoms with Crippen molar-refractivity contribution in [2.45, 2.75) is 26.4 Å². The van der Waals surface area contributed by atoms with Gasteiger partial charge >= 0.3 is 6.09 Å². The maximum absolute atomic E-state index is 14.4. The van der Waals surface area contributed by atoms with Gasteiger partial charge in [-0.15, -0.1) is 0 Å². The summed E-state index contributed by atoms with van der Waals surface area (Å²) in [4.78, 5) is 19.5. The lowest BCUT2D eigenvalue weighted by Gasteiger charge is -2.36. The minimum Gasteiger partial charge on any atom is -0.489 e. The number of halogens is 1. The summed E-state index contributed by atoms with van der Waals surface area (Å²) in [7, 11) is -2.49. The van der Waals surface area contributed by atoms with Crippen molar-refractivity contribution >= 4 is 11.9 Å². The number of piperazine rings is 1. The van der Waals surface area contributed by atoms with Gasteiger partial charge in [-0.25, -0.2) is 14.2 Å². The Bertz CT molecular complexity index is 675. The zero-order valence-corrected chi connectivity index (χ0v) is 14.7. The second-order valence-electron chi connectivity index (χ2n) is 6.63. The Morgan fingerprint density at radius 2 is 2.04 bits per heavy atom. The molecule has 0 bridgehead atoms. The third kappa shape index (κ3) is 5.74. The molecule has 0 spiro atoms. The van der Waals surface area contributed by atoms with Crippen molar-refractivity contribution in [3.05, 3.63) is 18.1 Å². The molecule has 0 saturated carbocycles. The molecule has 0 N–H and O–H groups in total. The number of nitrogens with zero attached hydrogens (tertiary/aromatic N) is 3. The molecule has 0 aromatic carbocycles. The number of methoxy groups -OCH3 is 1. The molecule has 0 aliphatic carbocycles. The molecule has 1 saturated heterocycles. The molecular weight excluding hydrogens is 329 g/mol. The third-order valence-electron chi connectivity index (χ3n) is 3.48. The average Bonchev–Trinajstić information content (AvgIpc) is 2.57. The molecule has 1 amide bonds. The van der Waals surface area contributed by atoms with Crippen LogP contribution in [0.5, 0.6) is 5.75 Å². The van der Waals surface area contributed by atoms with E-state index in [-0.39, 0.29) is 30.9 Å². The Labute approximate surface area is 151 Å². The molecule has 0 atom stereocenters. The van der Waals surface area contributed by atoms with E-state index in [0.717, 1.165) is 0 Å². The number of carbonyl (C=O) groups excluding carboxylic acids is 1. The largest absolute Gasteiger partial charge is 0.489 e. The highest BCUT2D eigenvalue weighted by molar-refractivity contribution is 5.68. The predicted molar refractivity (Wildman–Crippen MR) is 91.6 cm³/mol. The van der Waals surface area contributed by atoms with E-state index in [1.54, 1.807) is 30.6 Å². The first-order valence-electron chi connectivity index (χ1n) is 9.60. The summed E-state index contributed by atoms with van der Waals surface area (Å²) >= 11 is 0. The Hall–Kier alpha value is -2.09. The van der Waals surface area contributed by atoms with Crippen LogP contribution < -0.4 is 9.64 Å². The van der Waals surface area contributed by atoms with E-state index < -0.39 is 18.5 Å². The van der Waals surface area contributed by atoms with Crippen molar-refractivity contribution in [3.8, 4) is 5.75 Å². The number of amides is 1. The Morgan fingerprint density at radius 1 is 1.32 bits per heavy atom. The van der Waals surface area contributed by atoms with Crippen molar-refractivity contribution in [3.63, 3.8) is 0 Å². The van der Waals surface area contributed by atoms with Gasteiger partial charge in [-0.2, -0.15) is 0 Å². The number of aromatic nitrogens is 1. The van der Waals surface area contributed by atoms with Crippen molar-refractivity contribution in [2.24, 2.45) is 0 Å². The number of pyridine rings is 1. The number of ether oxygens (including phenoxy) is 3. The van der Waals surface area contributed by atoms with Crippen LogP contribution in [0.1, 0.15) is 24.9 Å². The zero-order chi connectivity index (χ0) is 20.9. The first-order valence-corrected chi connectivity index (χ1v) is 8.10. The van der Waals surface area contributed by atoms with E-state index in [1.165, 1.54) is 12.3 Å². The molecule has 7 nitrogen and oxygen atoms in total. The first-order chi connectivity index (χ1) is 12.9. The van der Waals surface area contributed by atoms with E-state index in [4.69, 9.17) is 13.6 Å². The second kappa shape index (κ2) is 8.33. The SMILES string of the molecule is [2H]C([2H])([2H])OCCOc1cnc(N2CCN(C(=O)OC(C)(C)C)CC2)c(F)c1. The fourth-order valence-corrected chi connectivity index (χ4v) is 2.35. The second-order valence-corrected chi connectivity index (χ2v) is 6.63. The van der Waals surface area contributed by atoms with Crippen molar-refractivity contribution < 1.29 is 27.5 Å². The molecule has 1 aromatic rings. The first kappa shape index (κ1) is 15.2. The van der Waals surface area contributed by atoms with Gasteiger partial charge in [0.15, 0.2) is 11.6 Å². The lowest BCUT2D eigenvalue weighted by atomic mass is 10.2. The van der Waals surface area contributed by atoms with Gasteiger partial charge in [-0.1, -0.05) is 0 Å². The van der Waals surface area contributed by atoms with Crippen LogP contribution in [0.2, 0.25) is 0 Å². The lowest BCUT2D eigenvalue weighted by Crippen LogP contribution is -2.50. The van der Waals surface area contributed by atoms with Crippen LogP contribution in [-0.4, -0.2) is 68.0 Å². The van der Waals surface area contributed by atoms with Gasteiger partial charge in [-0.3, -0.25) is 0 Å². The van der Waals surface area contributed by atoms with E-state index in [1.807, 2.05) is 0 Å². The van der Waals surface area contributed by atoms with Gasteiger partial charge in [0.2, 0.25) is 0 Å². The quantitative estimate of drug-likeness (QED) is 0.753. The fourth-order valence-electron chi connectivity index (χ4n) is 2.35. The van der Waals surface area contributed by atoms with Crippen molar-refractivity contribution in [1.82, 2.24) is 9.88 Å². The molecule has 2 heterocycles. The monoisotopic (exact) mass is 358 g/mol. The van der Waals surface area contributed by atoms with E-state index in [2.05, 4.69) is 9.72 Å². The molecule has 25 heavy (non-hydrogen) atoms. The van der Waals surface area contributed by atoms with Crippen LogP contribution >= 0.6 is 0 Å². The Morgan fingerprint density at radius 3 is 2.64 bits per heavy atom. The van der Waals surface area contributed by atoms with Crippen LogP contribution in [0, 0.1) is 5.82 Å². The summed E-state index contributed by atoms with van der Waals surface area (Å²) in [5.41, 5.74) is -0.563. The number of hydrogen-bond acceptors (Lipinski definition) is 6. The highest BCUT2D eigenvalue weighted by atomic mass is 19.1. The van der Waals surface area contributed by atoms with Gasteiger partial charge in [0, 0.05) is 39.3 Å². The molecule has 1 aromatic heterocycles. The topological polar surface area (TPSA) is 64.1 Å². The average molecular weight is 358 g/mol.